The van der Waals surface area contributed by atoms with Gasteiger partial charge in [-0.3, -0.25) is 14.4 Å². The average Bonchev–Trinajstić information content (AvgIpc) is 3.07. The van der Waals surface area contributed by atoms with Crippen molar-refractivity contribution in [2.24, 2.45) is 5.92 Å². The molecule has 0 aromatic heterocycles. The molecule has 0 spiro atoms. The summed E-state index contributed by atoms with van der Waals surface area (Å²) in [6, 6.07) is 14.2. The maximum absolute atomic E-state index is 12.3. The van der Waals surface area contributed by atoms with Crippen LogP contribution >= 0.6 is 0 Å². The fourth-order valence-electron chi connectivity index (χ4n) is 3.10. The van der Waals surface area contributed by atoms with Crippen LogP contribution in [-0.2, 0) is 14.3 Å². The van der Waals surface area contributed by atoms with Gasteiger partial charge in [-0.1, -0.05) is 30.3 Å². The van der Waals surface area contributed by atoms with E-state index < -0.39 is 11.9 Å². The molecule has 27 heavy (non-hydrogen) atoms. The Labute approximate surface area is 157 Å². The number of anilines is 1. The number of carbonyl (C=O) groups excluding carboxylic acids is 3. The first-order chi connectivity index (χ1) is 13.0. The normalized spacial score (nSPS) is 16.3. The first kappa shape index (κ1) is 18.6. The molecule has 6 nitrogen and oxygen atoms in total. The number of ether oxygens (including phenoxy) is 2. The van der Waals surface area contributed by atoms with Gasteiger partial charge in [-0.05, 0) is 30.7 Å². The highest BCUT2D eigenvalue weighted by molar-refractivity contribution is 6.01. The Balaban J connectivity index is 1.59. The van der Waals surface area contributed by atoms with Crippen LogP contribution in [0.5, 0.6) is 5.75 Å². The van der Waals surface area contributed by atoms with Gasteiger partial charge in [0.1, 0.15) is 5.75 Å². The summed E-state index contributed by atoms with van der Waals surface area (Å²) >= 11 is 0. The second kappa shape index (κ2) is 8.03. The van der Waals surface area contributed by atoms with Crippen molar-refractivity contribution in [1.29, 1.82) is 0 Å². The van der Waals surface area contributed by atoms with Crippen molar-refractivity contribution in [1.82, 2.24) is 0 Å². The van der Waals surface area contributed by atoms with Gasteiger partial charge in [0.15, 0.2) is 12.4 Å². The number of methoxy groups -OCH3 is 1. The molecule has 1 atom stereocenters. The molecule has 140 valence electrons. The largest absolute Gasteiger partial charge is 0.497 e. The summed E-state index contributed by atoms with van der Waals surface area (Å²) in [5.74, 6) is -0.985. The lowest BCUT2D eigenvalue weighted by molar-refractivity contribution is -0.147. The fraction of sp³-hybridized carbons (Fsp3) is 0.286. The van der Waals surface area contributed by atoms with Crippen molar-refractivity contribution >= 4 is 23.3 Å². The van der Waals surface area contributed by atoms with Gasteiger partial charge < -0.3 is 14.4 Å². The molecular formula is C21H21NO5. The lowest BCUT2D eigenvalue weighted by atomic mass is 10.1. The van der Waals surface area contributed by atoms with E-state index in [-0.39, 0.29) is 31.3 Å². The number of amides is 1. The highest BCUT2D eigenvalue weighted by Gasteiger charge is 2.36. The SMILES string of the molecule is COc1cccc(C(=O)COC(=O)[C@@H]2CC(=O)N(c3ccccc3C)C2)c1. The van der Waals surface area contributed by atoms with Gasteiger partial charge in [0, 0.05) is 24.2 Å². The molecule has 3 rings (SSSR count). The van der Waals surface area contributed by atoms with E-state index in [2.05, 4.69) is 0 Å². The number of ketones is 1. The van der Waals surface area contributed by atoms with E-state index in [4.69, 9.17) is 9.47 Å². The molecule has 1 aliphatic heterocycles. The standard InChI is InChI=1S/C21H21NO5/c1-14-6-3-4-9-18(14)22-12-16(11-20(22)24)21(25)27-13-19(23)15-7-5-8-17(10-15)26-2/h3-10,16H,11-13H2,1-2H3/t16-/m1/s1. The lowest BCUT2D eigenvalue weighted by Gasteiger charge is -2.18. The van der Waals surface area contributed by atoms with Crippen molar-refractivity contribution in [2.75, 3.05) is 25.2 Å². The van der Waals surface area contributed by atoms with Crippen LogP contribution in [0.15, 0.2) is 48.5 Å². The van der Waals surface area contributed by atoms with Crippen LogP contribution in [0.1, 0.15) is 22.3 Å². The first-order valence-electron chi connectivity index (χ1n) is 8.69. The minimum atomic E-state index is -0.574. The molecular weight excluding hydrogens is 346 g/mol. The number of aryl methyl sites for hydroxylation is 1. The molecule has 1 heterocycles. The molecule has 0 unspecified atom stereocenters. The Morgan fingerprint density at radius 1 is 1.15 bits per heavy atom. The Bertz CT molecular complexity index is 876. The molecule has 2 aromatic rings. The fourth-order valence-corrected chi connectivity index (χ4v) is 3.10. The van der Waals surface area contributed by atoms with Crippen molar-refractivity contribution in [3.8, 4) is 5.75 Å². The minimum absolute atomic E-state index is 0.0838. The zero-order valence-electron chi connectivity index (χ0n) is 15.3. The van der Waals surface area contributed by atoms with Crippen LogP contribution in [0.3, 0.4) is 0 Å². The summed E-state index contributed by atoms with van der Waals surface area (Å²) < 4.78 is 10.3. The molecule has 1 saturated heterocycles. The number of nitrogens with zero attached hydrogens (tertiary/aromatic N) is 1. The van der Waals surface area contributed by atoms with E-state index in [1.807, 2.05) is 31.2 Å². The maximum atomic E-state index is 12.3. The van der Waals surface area contributed by atoms with Crippen LogP contribution < -0.4 is 9.64 Å². The van der Waals surface area contributed by atoms with Gasteiger partial charge in [0.2, 0.25) is 5.91 Å². The number of esters is 1. The van der Waals surface area contributed by atoms with E-state index >= 15 is 0 Å². The lowest BCUT2D eigenvalue weighted by Crippen LogP contribution is -2.27. The van der Waals surface area contributed by atoms with Crippen LogP contribution in [0.25, 0.3) is 0 Å². The van der Waals surface area contributed by atoms with Crippen LogP contribution in [-0.4, -0.2) is 37.9 Å². The van der Waals surface area contributed by atoms with E-state index in [9.17, 15) is 14.4 Å². The molecule has 6 heteroatoms. The molecule has 2 aromatic carbocycles. The van der Waals surface area contributed by atoms with Gasteiger partial charge in [-0.2, -0.15) is 0 Å². The molecule has 0 bridgehead atoms. The Kier molecular flexibility index (Phi) is 5.54. The number of hydrogen-bond donors (Lipinski definition) is 0. The molecule has 0 saturated carbocycles. The van der Waals surface area contributed by atoms with E-state index in [1.165, 1.54) is 7.11 Å². The van der Waals surface area contributed by atoms with Gasteiger partial charge in [0.25, 0.3) is 0 Å². The number of rotatable bonds is 6. The number of hydrogen-bond acceptors (Lipinski definition) is 5. The van der Waals surface area contributed by atoms with Crippen LogP contribution in [0.4, 0.5) is 5.69 Å². The monoisotopic (exact) mass is 367 g/mol. The summed E-state index contributed by atoms with van der Waals surface area (Å²) in [6.45, 7) is 1.82. The summed E-state index contributed by atoms with van der Waals surface area (Å²) in [5, 5.41) is 0. The van der Waals surface area contributed by atoms with Crippen molar-refractivity contribution in [2.45, 2.75) is 13.3 Å². The minimum Gasteiger partial charge on any atom is -0.497 e. The van der Waals surface area contributed by atoms with E-state index in [0.717, 1.165) is 11.3 Å². The third kappa shape index (κ3) is 4.16. The highest BCUT2D eigenvalue weighted by atomic mass is 16.5. The van der Waals surface area contributed by atoms with Crippen LogP contribution in [0.2, 0.25) is 0 Å². The van der Waals surface area contributed by atoms with Gasteiger partial charge in [-0.15, -0.1) is 0 Å². The second-order valence-electron chi connectivity index (χ2n) is 6.45. The summed E-state index contributed by atoms with van der Waals surface area (Å²) in [5.41, 5.74) is 2.17. The molecule has 1 aliphatic rings. The molecule has 1 fully saturated rings. The van der Waals surface area contributed by atoms with Crippen LogP contribution in [0, 0.1) is 12.8 Å². The molecule has 1 amide bonds. The maximum Gasteiger partial charge on any atom is 0.311 e. The Hall–Kier alpha value is -3.15. The third-order valence-corrected chi connectivity index (χ3v) is 4.60. The third-order valence-electron chi connectivity index (χ3n) is 4.60. The van der Waals surface area contributed by atoms with Gasteiger partial charge in [-0.25, -0.2) is 0 Å². The number of Topliss-reactive ketones (excluding diaryl/α,β-unsaturated/α-hetero) is 1. The topological polar surface area (TPSA) is 72.9 Å². The predicted octanol–water partition coefficient (Wildman–Crippen LogP) is 2.78. The quantitative estimate of drug-likeness (QED) is 0.580. The number of para-hydroxylation sites is 1. The second-order valence-corrected chi connectivity index (χ2v) is 6.45. The number of carbonyl (C=O) groups is 3. The number of benzene rings is 2. The molecule has 0 N–H and O–H groups in total. The Morgan fingerprint density at radius 3 is 2.67 bits per heavy atom. The highest BCUT2D eigenvalue weighted by Crippen LogP contribution is 2.28. The summed E-state index contributed by atoms with van der Waals surface area (Å²) in [4.78, 5) is 38.5. The van der Waals surface area contributed by atoms with Crippen molar-refractivity contribution in [3.63, 3.8) is 0 Å². The van der Waals surface area contributed by atoms with Crippen molar-refractivity contribution in [3.05, 3.63) is 59.7 Å². The van der Waals surface area contributed by atoms with Crippen molar-refractivity contribution < 1.29 is 23.9 Å². The smallest absolute Gasteiger partial charge is 0.311 e. The van der Waals surface area contributed by atoms with Gasteiger partial charge >= 0.3 is 5.97 Å². The zero-order chi connectivity index (χ0) is 19.4. The molecule has 0 aliphatic carbocycles. The summed E-state index contributed by atoms with van der Waals surface area (Å²) in [6.07, 6.45) is 0.0838. The Morgan fingerprint density at radius 2 is 1.93 bits per heavy atom. The van der Waals surface area contributed by atoms with E-state index in [1.54, 1.807) is 29.2 Å². The first-order valence-corrected chi connectivity index (χ1v) is 8.69. The average molecular weight is 367 g/mol. The predicted molar refractivity (Wildman–Crippen MR) is 99.9 cm³/mol. The van der Waals surface area contributed by atoms with E-state index in [0.29, 0.717) is 11.3 Å². The van der Waals surface area contributed by atoms with Gasteiger partial charge in [0.05, 0.1) is 13.0 Å². The zero-order valence-corrected chi connectivity index (χ0v) is 15.3. The summed E-state index contributed by atoms with van der Waals surface area (Å²) in [7, 11) is 1.51. The molecule has 0 radical (unpaired) electrons.